The van der Waals surface area contributed by atoms with Crippen molar-refractivity contribution < 1.29 is 14.7 Å². The molecule has 0 aliphatic rings. The number of carboxylic acids is 1. The third kappa shape index (κ3) is 3.33. The van der Waals surface area contributed by atoms with Crippen LogP contribution in [0.15, 0.2) is 65.3 Å². The van der Waals surface area contributed by atoms with Crippen molar-refractivity contribution in [3.63, 3.8) is 0 Å². The molecule has 0 radical (unpaired) electrons. The van der Waals surface area contributed by atoms with Gasteiger partial charge in [0.25, 0.3) is 0 Å². The first-order valence-electron chi connectivity index (χ1n) is 7.37. The average molecular weight is 387 g/mol. The monoisotopic (exact) mass is 386 g/mol. The fourth-order valence-electron chi connectivity index (χ4n) is 2.62. The molecule has 1 amide bonds. The number of fused-ring (bicyclic) bond motifs is 1. The van der Waals surface area contributed by atoms with Gasteiger partial charge in [0.15, 0.2) is 6.04 Å². The first kappa shape index (κ1) is 16.3. The molecule has 0 saturated heterocycles. The number of carbonyl (C=O) groups is 2. The van der Waals surface area contributed by atoms with E-state index >= 15 is 0 Å². The summed E-state index contributed by atoms with van der Waals surface area (Å²) in [5.41, 5.74) is 1.45. The zero-order valence-corrected chi connectivity index (χ0v) is 14.2. The molecular formula is C18H15BrN2O3. The Hall–Kier alpha value is -2.60. The van der Waals surface area contributed by atoms with Crippen molar-refractivity contribution in [2.45, 2.75) is 12.6 Å². The molecule has 1 unspecified atom stereocenters. The van der Waals surface area contributed by atoms with Gasteiger partial charge in [-0.2, -0.15) is 0 Å². The Morgan fingerprint density at radius 2 is 1.83 bits per heavy atom. The Kier molecular flexibility index (Phi) is 4.66. The van der Waals surface area contributed by atoms with Crippen LogP contribution < -0.4 is 5.32 Å². The van der Waals surface area contributed by atoms with Gasteiger partial charge in [-0.25, -0.2) is 4.79 Å². The number of aromatic nitrogens is 1. The van der Waals surface area contributed by atoms with Gasteiger partial charge in [-0.05, 0) is 23.8 Å². The van der Waals surface area contributed by atoms with E-state index < -0.39 is 12.0 Å². The van der Waals surface area contributed by atoms with Crippen molar-refractivity contribution in [1.82, 2.24) is 9.88 Å². The first-order chi connectivity index (χ1) is 11.6. The molecule has 5 nitrogen and oxygen atoms in total. The summed E-state index contributed by atoms with van der Waals surface area (Å²) in [6.45, 7) is 0.0521. The largest absolute Gasteiger partial charge is 0.479 e. The molecule has 6 heteroatoms. The predicted molar refractivity (Wildman–Crippen MR) is 94.6 cm³/mol. The fourth-order valence-corrected chi connectivity index (χ4v) is 3.11. The molecule has 1 heterocycles. The maximum atomic E-state index is 12.3. The molecule has 24 heavy (non-hydrogen) atoms. The number of benzene rings is 2. The zero-order valence-electron chi connectivity index (χ0n) is 12.6. The van der Waals surface area contributed by atoms with E-state index in [1.54, 1.807) is 34.9 Å². The minimum absolute atomic E-state index is 0.0521. The number of carbonyl (C=O) groups excluding carboxylic acids is 1. The number of hydrogen-bond acceptors (Lipinski definition) is 2. The number of halogens is 1. The van der Waals surface area contributed by atoms with E-state index in [-0.39, 0.29) is 12.5 Å². The van der Waals surface area contributed by atoms with Crippen molar-refractivity contribution >= 4 is 38.7 Å². The van der Waals surface area contributed by atoms with E-state index in [0.717, 1.165) is 15.4 Å². The van der Waals surface area contributed by atoms with Crippen LogP contribution in [0.1, 0.15) is 11.6 Å². The van der Waals surface area contributed by atoms with Crippen LogP contribution >= 0.6 is 15.9 Å². The van der Waals surface area contributed by atoms with Crippen LogP contribution in [0.4, 0.5) is 0 Å². The fraction of sp³-hybridized carbons (Fsp3) is 0.111. The lowest BCUT2D eigenvalue weighted by atomic mass is 10.1. The molecule has 0 fully saturated rings. The van der Waals surface area contributed by atoms with Crippen LogP contribution in [0.2, 0.25) is 0 Å². The van der Waals surface area contributed by atoms with Gasteiger partial charge >= 0.3 is 5.97 Å². The van der Waals surface area contributed by atoms with E-state index in [1.165, 1.54) is 0 Å². The van der Waals surface area contributed by atoms with Gasteiger partial charge in [0, 0.05) is 21.6 Å². The summed E-state index contributed by atoms with van der Waals surface area (Å²) in [5, 5.41) is 13.0. The van der Waals surface area contributed by atoms with Crippen molar-refractivity contribution in [2.24, 2.45) is 0 Å². The normalized spacial score (nSPS) is 12.0. The maximum absolute atomic E-state index is 12.3. The average Bonchev–Trinajstić information content (AvgIpc) is 2.97. The molecule has 0 aliphatic carbocycles. The summed E-state index contributed by atoms with van der Waals surface area (Å²) < 4.78 is 2.74. The van der Waals surface area contributed by atoms with Crippen molar-refractivity contribution in [1.29, 1.82) is 0 Å². The Morgan fingerprint density at radius 3 is 2.54 bits per heavy atom. The predicted octanol–water partition coefficient (Wildman–Crippen LogP) is 3.35. The van der Waals surface area contributed by atoms with E-state index in [4.69, 9.17) is 0 Å². The number of nitrogens with zero attached hydrogens (tertiary/aromatic N) is 1. The van der Waals surface area contributed by atoms with E-state index in [9.17, 15) is 14.7 Å². The topological polar surface area (TPSA) is 71.3 Å². The summed E-state index contributed by atoms with van der Waals surface area (Å²) in [7, 11) is 0. The summed E-state index contributed by atoms with van der Waals surface area (Å²) >= 11 is 3.47. The standard InChI is InChI=1S/C18H15BrN2O3/c19-14-7-4-8-15-13(14)9-10-21(15)11-16(22)20-17(18(23)24)12-5-2-1-3-6-12/h1-10,17H,11H2,(H,20,22)(H,23,24). The maximum Gasteiger partial charge on any atom is 0.330 e. The van der Waals surface area contributed by atoms with Gasteiger partial charge in [-0.3, -0.25) is 4.79 Å². The van der Waals surface area contributed by atoms with E-state index in [1.807, 2.05) is 30.5 Å². The smallest absolute Gasteiger partial charge is 0.330 e. The lowest BCUT2D eigenvalue weighted by Gasteiger charge is -2.15. The second kappa shape index (κ2) is 6.88. The van der Waals surface area contributed by atoms with Crippen molar-refractivity contribution in [3.05, 3.63) is 70.8 Å². The van der Waals surface area contributed by atoms with Gasteiger partial charge in [0.05, 0.1) is 0 Å². The van der Waals surface area contributed by atoms with Crippen LogP contribution in [0.25, 0.3) is 10.9 Å². The van der Waals surface area contributed by atoms with Crippen LogP contribution in [0.3, 0.4) is 0 Å². The minimum atomic E-state index is -1.09. The molecule has 3 aromatic rings. The van der Waals surface area contributed by atoms with Crippen molar-refractivity contribution in [2.75, 3.05) is 0 Å². The summed E-state index contributed by atoms with van der Waals surface area (Å²) in [4.78, 5) is 23.8. The quantitative estimate of drug-likeness (QED) is 0.706. The molecule has 0 spiro atoms. The highest BCUT2D eigenvalue weighted by molar-refractivity contribution is 9.10. The molecule has 2 N–H and O–H groups in total. The second-order valence-electron chi connectivity index (χ2n) is 5.37. The number of nitrogens with one attached hydrogen (secondary N) is 1. The molecule has 1 atom stereocenters. The highest BCUT2D eigenvalue weighted by atomic mass is 79.9. The molecule has 122 valence electrons. The molecule has 0 aliphatic heterocycles. The van der Waals surface area contributed by atoms with Crippen LogP contribution in [0, 0.1) is 0 Å². The third-order valence-electron chi connectivity index (χ3n) is 3.76. The number of carboxylic acid groups (broad SMARTS) is 1. The highest BCUT2D eigenvalue weighted by Crippen LogP contribution is 2.24. The minimum Gasteiger partial charge on any atom is -0.479 e. The highest BCUT2D eigenvalue weighted by Gasteiger charge is 2.22. The number of rotatable bonds is 5. The Bertz CT molecular complexity index is 890. The zero-order chi connectivity index (χ0) is 17.1. The van der Waals surface area contributed by atoms with Gasteiger partial charge < -0.3 is 15.0 Å². The Balaban J connectivity index is 1.79. The first-order valence-corrected chi connectivity index (χ1v) is 8.16. The molecular weight excluding hydrogens is 372 g/mol. The summed E-state index contributed by atoms with van der Waals surface area (Å²) in [5.74, 6) is -1.45. The van der Waals surface area contributed by atoms with Crippen LogP contribution in [-0.4, -0.2) is 21.6 Å². The molecule has 3 rings (SSSR count). The van der Waals surface area contributed by atoms with E-state index in [2.05, 4.69) is 21.2 Å². The third-order valence-corrected chi connectivity index (χ3v) is 4.45. The summed E-state index contributed by atoms with van der Waals surface area (Å²) in [6, 6.07) is 15.2. The lowest BCUT2D eigenvalue weighted by Crippen LogP contribution is -2.35. The lowest BCUT2D eigenvalue weighted by molar-refractivity contribution is -0.142. The van der Waals surface area contributed by atoms with Gasteiger partial charge in [0.1, 0.15) is 6.54 Å². The SMILES string of the molecule is O=C(Cn1ccc2c(Br)cccc21)NC(C(=O)O)c1ccccc1. The molecule has 2 aromatic carbocycles. The van der Waals surface area contributed by atoms with Crippen molar-refractivity contribution in [3.8, 4) is 0 Å². The Labute approximate surface area is 147 Å². The van der Waals surface area contributed by atoms with Gasteiger partial charge in [-0.1, -0.05) is 52.3 Å². The molecule has 1 aromatic heterocycles. The molecule has 0 bridgehead atoms. The summed E-state index contributed by atoms with van der Waals surface area (Å²) in [6.07, 6.45) is 1.81. The molecule has 0 saturated carbocycles. The Morgan fingerprint density at radius 1 is 1.08 bits per heavy atom. The van der Waals surface area contributed by atoms with Crippen LogP contribution in [0.5, 0.6) is 0 Å². The number of hydrogen-bond donors (Lipinski definition) is 2. The number of amides is 1. The number of aliphatic carboxylic acids is 1. The van der Waals surface area contributed by atoms with E-state index in [0.29, 0.717) is 5.56 Å². The van der Waals surface area contributed by atoms with Gasteiger partial charge in [-0.15, -0.1) is 0 Å². The second-order valence-corrected chi connectivity index (χ2v) is 6.22. The van der Waals surface area contributed by atoms with Crippen LogP contribution in [-0.2, 0) is 16.1 Å². The van der Waals surface area contributed by atoms with Gasteiger partial charge in [0.2, 0.25) is 5.91 Å².